The highest BCUT2D eigenvalue weighted by atomic mass is 19.1. The predicted molar refractivity (Wildman–Crippen MR) is 89.4 cm³/mol. The lowest BCUT2D eigenvalue weighted by Gasteiger charge is -2.34. The van der Waals surface area contributed by atoms with Crippen LogP contribution in [0.2, 0.25) is 0 Å². The number of hydrogen-bond acceptors (Lipinski definition) is 4. The summed E-state index contributed by atoms with van der Waals surface area (Å²) >= 11 is 0. The summed E-state index contributed by atoms with van der Waals surface area (Å²) in [7, 11) is 0. The second-order valence-corrected chi connectivity index (χ2v) is 6.26. The van der Waals surface area contributed by atoms with Crippen molar-refractivity contribution in [2.45, 2.75) is 12.8 Å². The molecule has 1 fully saturated rings. The summed E-state index contributed by atoms with van der Waals surface area (Å²) in [4.78, 5) is 2.30. The molecule has 2 aromatic carbocycles. The molecule has 0 aliphatic carbocycles. The maximum Gasteiger partial charge on any atom is 0.231 e. The molecule has 0 spiro atoms. The number of ether oxygens (including phenoxy) is 3. The van der Waals surface area contributed by atoms with Crippen molar-refractivity contribution in [2.75, 3.05) is 31.4 Å². The first-order valence-electron chi connectivity index (χ1n) is 8.31. The van der Waals surface area contributed by atoms with Gasteiger partial charge in [-0.1, -0.05) is 0 Å². The first-order valence-corrected chi connectivity index (χ1v) is 8.31. The zero-order valence-corrected chi connectivity index (χ0v) is 13.4. The quantitative estimate of drug-likeness (QED) is 0.852. The molecule has 0 bridgehead atoms. The van der Waals surface area contributed by atoms with Crippen molar-refractivity contribution in [3.05, 3.63) is 48.3 Å². The van der Waals surface area contributed by atoms with Gasteiger partial charge in [0.1, 0.15) is 11.6 Å². The van der Waals surface area contributed by atoms with Crippen molar-refractivity contribution in [1.82, 2.24) is 0 Å². The van der Waals surface area contributed by atoms with Crippen LogP contribution < -0.4 is 19.1 Å². The normalized spacial score (nSPS) is 19.4. The van der Waals surface area contributed by atoms with E-state index >= 15 is 0 Å². The van der Waals surface area contributed by atoms with Gasteiger partial charge in [-0.15, -0.1) is 0 Å². The zero-order chi connectivity index (χ0) is 16.4. The molecule has 1 unspecified atom stereocenters. The molecule has 4 nitrogen and oxygen atoms in total. The van der Waals surface area contributed by atoms with Crippen molar-refractivity contribution in [1.29, 1.82) is 0 Å². The van der Waals surface area contributed by atoms with Crippen LogP contribution in [-0.4, -0.2) is 26.5 Å². The Hall–Kier alpha value is -2.43. The molecule has 0 N–H and O–H groups in total. The second kappa shape index (κ2) is 6.59. The van der Waals surface area contributed by atoms with Crippen LogP contribution >= 0.6 is 0 Å². The number of piperidine rings is 1. The van der Waals surface area contributed by atoms with Crippen molar-refractivity contribution in [2.24, 2.45) is 5.92 Å². The number of anilines is 1. The number of halogens is 1. The molecule has 1 saturated heterocycles. The number of rotatable bonds is 4. The lowest BCUT2D eigenvalue weighted by Crippen LogP contribution is -2.37. The molecule has 0 saturated carbocycles. The van der Waals surface area contributed by atoms with Crippen LogP contribution in [0.4, 0.5) is 10.1 Å². The van der Waals surface area contributed by atoms with Gasteiger partial charge in [-0.05, 0) is 49.2 Å². The Morgan fingerprint density at radius 1 is 1.08 bits per heavy atom. The average molecular weight is 329 g/mol. The highest BCUT2D eigenvalue weighted by Gasteiger charge is 2.21. The number of fused-ring (bicyclic) bond motifs is 1. The monoisotopic (exact) mass is 329 g/mol. The Kier molecular flexibility index (Phi) is 4.15. The van der Waals surface area contributed by atoms with Gasteiger partial charge in [0.05, 0.1) is 6.61 Å². The van der Waals surface area contributed by atoms with E-state index in [0.29, 0.717) is 12.5 Å². The Balaban J connectivity index is 1.35. The summed E-state index contributed by atoms with van der Waals surface area (Å²) in [5, 5.41) is 0. The highest BCUT2D eigenvalue weighted by molar-refractivity contribution is 5.47. The van der Waals surface area contributed by atoms with Crippen LogP contribution in [0.3, 0.4) is 0 Å². The summed E-state index contributed by atoms with van der Waals surface area (Å²) in [5.41, 5.74) is 1.07. The summed E-state index contributed by atoms with van der Waals surface area (Å²) in [5.74, 6) is 2.57. The molecule has 5 heteroatoms. The molecule has 0 radical (unpaired) electrons. The van der Waals surface area contributed by atoms with E-state index in [1.807, 2.05) is 30.3 Å². The molecule has 0 aromatic heterocycles. The summed E-state index contributed by atoms with van der Waals surface area (Å²) in [6.07, 6.45) is 2.26. The standard InChI is InChI=1S/C19H20FNO3/c20-15-3-5-16(6-4-15)21-9-1-2-14(11-21)12-22-17-7-8-18-19(10-17)24-13-23-18/h3-8,10,14H,1-2,9,11-13H2. The molecule has 126 valence electrons. The fraction of sp³-hybridized carbons (Fsp3) is 0.368. The van der Waals surface area contributed by atoms with E-state index in [1.54, 1.807) is 0 Å². The lowest BCUT2D eigenvalue weighted by atomic mass is 9.98. The van der Waals surface area contributed by atoms with Crippen molar-refractivity contribution < 1.29 is 18.6 Å². The number of benzene rings is 2. The van der Waals surface area contributed by atoms with Crippen molar-refractivity contribution in [3.8, 4) is 17.2 Å². The van der Waals surface area contributed by atoms with Crippen LogP contribution in [0.5, 0.6) is 17.2 Å². The van der Waals surface area contributed by atoms with Crippen LogP contribution in [0, 0.1) is 11.7 Å². The Labute approximate surface area is 140 Å². The van der Waals surface area contributed by atoms with E-state index in [9.17, 15) is 4.39 Å². The molecule has 1 atom stereocenters. The Bertz CT molecular complexity index is 704. The molecular formula is C19H20FNO3. The predicted octanol–water partition coefficient (Wildman–Crippen LogP) is 3.85. The largest absolute Gasteiger partial charge is 0.493 e. The van der Waals surface area contributed by atoms with Crippen LogP contribution in [0.15, 0.2) is 42.5 Å². The van der Waals surface area contributed by atoms with Gasteiger partial charge < -0.3 is 19.1 Å². The van der Waals surface area contributed by atoms with Gasteiger partial charge in [-0.25, -0.2) is 4.39 Å². The van der Waals surface area contributed by atoms with Gasteiger partial charge in [0, 0.05) is 30.8 Å². The van der Waals surface area contributed by atoms with E-state index in [4.69, 9.17) is 14.2 Å². The van der Waals surface area contributed by atoms with Crippen molar-refractivity contribution in [3.63, 3.8) is 0 Å². The number of nitrogens with zero attached hydrogens (tertiary/aromatic N) is 1. The van der Waals surface area contributed by atoms with Gasteiger partial charge in [-0.2, -0.15) is 0 Å². The van der Waals surface area contributed by atoms with E-state index in [1.165, 1.54) is 12.1 Å². The SMILES string of the molecule is Fc1ccc(N2CCCC(COc3ccc4c(c3)OCO4)C2)cc1. The molecular weight excluding hydrogens is 309 g/mol. The smallest absolute Gasteiger partial charge is 0.231 e. The van der Waals surface area contributed by atoms with E-state index < -0.39 is 0 Å². The minimum Gasteiger partial charge on any atom is -0.493 e. The lowest BCUT2D eigenvalue weighted by molar-refractivity contribution is 0.173. The molecule has 2 aromatic rings. The van der Waals surface area contributed by atoms with Crippen LogP contribution in [0.25, 0.3) is 0 Å². The Morgan fingerprint density at radius 2 is 1.92 bits per heavy atom. The fourth-order valence-electron chi connectivity index (χ4n) is 3.27. The van der Waals surface area contributed by atoms with Crippen molar-refractivity contribution >= 4 is 5.69 Å². The van der Waals surface area contributed by atoms with Crippen LogP contribution in [0.1, 0.15) is 12.8 Å². The minimum absolute atomic E-state index is 0.196. The zero-order valence-electron chi connectivity index (χ0n) is 13.4. The Morgan fingerprint density at radius 3 is 2.79 bits per heavy atom. The third-order valence-electron chi connectivity index (χ3n) is 4.54. The summed E-state index contributed by atoms with van der Waals surface area (Å²) < 4.78 is 29.7. The number of hydrogen-bond donors (Lipinski definition) is 0. The molecule has 4 rings (SSSR count). The van der Waals surface area contributed by atoms with Gasteiger partial charge in [0.15, 0.2) is 11.5 Å². The van der Waals surface area contributed by atoms with E-state index in [-0.39, 0.29) is 12.6 Å². The average Bonchev–Trinajstić information content (AvgIpc) is 3.08. The molecule has 0 amide bonds. The molecule has 2 heterocycles. The maximum absolute atomic E-state index is 13.1. The topological polar surface area (TPSA) is 30.9 Å². The van der Waals surface area contributed by atoms with Gasteiger partial charge in [0.2, 0.25) is 6.79 Å². The second-order valence-electron chi connectivity index (χ2n) is 6.26. The minimum atomic E-state index is -0.196. The molecule has 2 aliphatic heterocycles. The first-order chi connectivity index (χ1) is 11.8. The van der Waals surface area contributed by atoms with E-state index in [2.05, 4.69) is 4.90 Å². The third kappa shape index (κ3) is 3.25. The van der Waals surface area contributed by atoms with Gasteiger partial charge >= 0.3 is 0 Å². The third-order valence-corrected chi connectivity index (χ3v) is 4.54. The first kappa shape index (κ1) is 15.1. The van der Waals surface area contributed by atoms with Gasteiger partial charge in [-0.3, -0.25) is 0 Å². The molecule has 2 aliphatic rings. The summed E-state index contributed by atoms with van der Waals surface area (Å²) in [6, 6.07) is 12.4. The molecule has 24 heavy (non-hydrogen) atoms. The van der Waals surface area contributed by atoms with Gasteiger partial charge in [0.25, 0.3) is 0 Å². The highest BCUT2D eigenvalue weighted by Crippen LogP contribution is 2.35. The van der Waals surface area contributed by atoms with E-state index in [0.717, 1.165) is 48.9 Å². The van der Waals surface area contributed by atoms with Crippen LogP contribution in [-0.2, 0) is 0 Å². The fourth-order valence-corrected chi connectivity index (χ4v) is 3.27. The summed E-state index contributed by atoms with van der Waals surface area (Å²) in [6.45, 7) is 2.87. The maximum atomic E-state index is 13.1.